The fraction of sp³-hybridized carbons (Fsp3) is 0.158. The lowest BCUT2D eigenvalue weighted by Crippen LogP contribution is -2.27. The van der Waals surface area contributed by atoms with Gasteiger partial charge in [0.2, 0.25) is 0 Å². The van der Waals surface area contributed by atoms with E-state index in [0.717, 1.165) is 0 Å². The molecule has 0 spiro atoms. The fourth-order valence-corrected chi connectivity index (χ4v) is 3.71. The predicted molar refractivity (Wildman–Crippen MR) is 99.8 cm³/mol. The first kappa shape index (κ1) is 17.3. The van der Waals surface area contributed by atoms with E-state index >= 15 is 0 Å². The van der Waals surface area contributed by atoms with Crippen molar-refractivity contribution in [1.29, 1.82) is 0 Å². The topological polar surface area (TPSA) is 91.9 Å². The Morgan fingerprint density at radius 2 is 1.96 bits per heavy atom. The standard InChI is InChI=1S/C19H14FN3O3S/c20-11-6-4-10(5-7-11)15-9-27-19(22-15)23-18(26)13-8-12-14(21-17(13)25)2-1-3-16(12)24/h4-9H,1-3H2,(H,21,25)(H,22,23,26). The number of rotatable bonds is 3. The molecule has 136 valence electrons. The summed E-state index contributed by atoms with van der Waals surface area (Å²) in [4.78, 5) is 43.7. The molecule has 0 atom stereocenters. The summed E-state index contributed by atoms with van der Waals surface area (Å²) in [5, 5.41) is 4.62. The average molecular weight is 383 g/mol. The Morgan fingerprint density at radius 3 is 2.74 bits per heavy atom. The van der Waals surface area contributed by atoms with Crippen molar-refractivity contribution >= 4 is 28.2 Å². The summed E-state index contributed by atoms with van der Waals surface area (Å²) in [7, 11) is 0. The highest BCUT2D eigenvalue weighted by Crippen LogP contribution is 2.25. The first-order chi connectivity index (χ1) is 13.0. The molecule has 2 N–H and O–H groups in total. The number of carbonyl (C=O) groups excluding carboxylic acids is 2. The highest BCUT2D eigenvalue weighted by Gasteiger charge is 2.22. The summed E-state index contributed by atoms with van der Waals surface area (Å²) in [6.45, 7) is 0. The number of halogens is 1. The number of benzene rings is 1. The molecule has 0 aliphatic heterocycles. The predicted octanol–water partition coefficient (Wildman–Crippen LogP) is 3.41. The van der Waals surface area contributed by atoms with Gasteiger partial charge in [-0.05, 0) is 43.2 Å². The summed E-state index contributed by atoms with van der Waals surface area (Å²) in [6, 6.07) is 7.21. The van der Waals surface area contributed by atoms with Crippen LogP contribution in [-0.4, -0.2) is 21.7 Å². The number of H-pyrrole nitrogens is 1. The lowest BCUT2D eigenvalue weighted by Gasteiger charge is -2.14. The lowest BCUT2D eigenvalue weighted by atomic mass is 9.93. The molecule has 27 heavy (non-hydrogen) atoms. The van der Waals surface area contributed by atoms with Crippen LogP contribution in [-0.2, 0) is 6.42 Å². The van der Waals surface area contributed by atoms with Crippen molar-refractivity contribution in [2.45, 2.75) is 19.3 Å². The third-order valence-electron chi connectivity index (χ3n) is 4.36. The van der Waals surface area contributed by atoms with E-state index < -0.39 is 11.5 Å². The van der Waals surface area contributed by atoms with Crippen LogP contribution in [0.2, 0.25) is 0 Å². The number of fused-ring (bicyclic) bond motifs is 1. The number of aromatic nitrogens is 2. The molecule has 8 heteroatoms. The molecule has 0 unspecified atom stereocenters. The van der Waals surface area contributed by atoms with Crippen molar-refractivity contribution in [2.24, 2.45) is 0 Å². The molecule has 1 aliphatic rings. The van der Waals surface area contributed by atoms with Crippen molar-refractivity contribution in [3.63, 3.8) is 0 Å². The van der Waals surface area contributed by atoms with Crippen LogP contribution < -0.4 is 10.9 Å². The van der Waals surface area contributed by atoms with E-state index in [-0.39, 0.29) is 17.2 Å². The minimum absolute atomic E-state index is 0.0746. The SMILES string of the molecule is O=C1CCCc2[nH]c(=O)c(C(=O)Nc3nc(-c4ccc(F)cc4)cs3)cc21. The number of pyridine rings is 1. The van der Waals surface area contributed by atoms with Crippen LogP contribution in [0.15, 0.2) is 40.5 Å². The highest BCUT2D eigenvalue weighted by atomic mass is 32.1. The van der Waals surface area contributed by atoms with Gasteiger partial charge in [0.15, 0.2) is 10.9 Å². The summed E-state index contributed by atoms with van der Waals surface area (Å²) in [5.74, 6) is -1.05. The van der Waals surface area contributed by atoms with Gasteiger partial charge < -0.3 is 4.98 Å². The molecule has 3 aromatic rings. The summed E-state index contributed by atoms with van der Waals surface area (Å²) < 4.78 is 13.0. The maximum absolute atomic E-state index is 13.0. The van der Waals surface area contributed by atoms with E-state index in [1.54, 1.807) is 17.5 Å². The molecular formula is C19H14FN3O3S. The monoisotopic (exact) mass is 383 g/mol. The molecule has 0 radical (unpaired) electrons. The minimum atomic E-state index is -0.627. The van der Waals surface area contributed by atoms with Crippen molar-refractivity contribution in [3.05, 3.63) is 68.7 Å². The van der Waals surface area contributed by atoms with E-state index in [1.165, 1.54) is 29.5 Å². The highest BCUT2D eigenvalue weighted by molar-refractivity contribution is 7.14. The van der Waals surface area contributed by atoms with E-state index in [2.05, 4.69) is 15.3 Å². The maximum Gasteiger partial charge on any atom is 0.263 e. The van der Waals surface area contributed by atoms with E-state index in [0.29, 0.717) is 46.9 Å². The Labute approximate surface area is 157 Å². The van der Waals surface area contributed by atoms with Gasteiger partial charge in [-0.3, -0.25) is 19.7 Å². The van der Waals surface area contributed by atoms with Crippen molar-refractivity contribution in [3.8, 4) is 11.3 Å². The van der Waals surface area contributed by atoms with E-state index in [9.17, 15) is 18.8 Å². The maximum atomic E-state index is 13.0. The van der Waals surface area contributed by atoms with Crippen LogP contribution in [0, 0.1) is 5.82 Å². The first-order valence-corrected chi connectivity index (χ1v) is 9.21. The average Bonchev–Trinajstić information content (AvgIpc) is 3.10. The third kappa shape index (κ3) is 3.43. The Morgan fingerprint density at radius 1 is 1.19 bits per heavy atom. The van der Waals surface area contributed by atoms with E-state index in [1.807, 2.05) is 0 Å². The Kier molecular flexibility index (Phi) is 4.41. The van der Waals surface area contributed by atoms with Crippen molar-refractivity contribution in [2.75, 3.05) is 5.32 Å². The molecule has 1 aliphatic carbocycles. The largest absolute Gasteiger partial charge is 0.325 e. The number of Topliss-reactive ketones (excluding diaryl/α,β-unsaturated/α-hetero) is 1. The van der Waals surface area contributed by atoms with Crippen LogP contribution >= 0.6 is 11.3 Å². The molecule has 2 heterocycles. The van der Waals surface area contributed by atoms with Gasteiger partial charge in [-0.25, -0.2) is 9.37 Å². The summed E-state index contributed by atoms with van der Waals surface area (Å²) >= 11 is 1.19. The van der Waals surface area contributed by atoms with Gasteiger partial charge in [0.05, 0.1) is 5.69 Å². The minimum Gasteiger partial charge on any atom is -0.325 e. The molecule has 2 aromatic heterocycles. The second kappa shape index (κ2) is 6.88. The fourth-order valence-electron chi connectivity index (χ4n) is 2.99. The molecule has 1 amide bonds. The Balaban J connectivity index is 1.58. The summed E-state index contributed by atoms with van der Waals surface area (Å²) in [6.07, 6.45) is 1.72. The molecule has 1 aromatic carbocycles. The van der Waals surface area contributed by atoms with Gasteiger partial charge in [0, 0.05) is 28.6 Å². The van der Waals surface area contributed by atoms with Crippen LogP contribution in [0.4, 0.5) is 9.52 Å². The number of hydrogen-bond acceptors (Lipinski definition) is 5. The Bertz CT molecular complexity index is 1100. The number of nitrogens with one attached hydrogen (secondary N) is 2. The lowest BCUT2D eigenvalue weighted by molar-refractivity contribution is 0.0971. The van der Waals surface area contributed by atoms with Gasteiger partial charge in [0.25, 0.3) is 11.5 Å². The zero-order valence-electron chi connectivity index (χ0n) is 14.0. The second-order valence-corrected chi connectivity index (χ2v) is 7.04. The number of nitrogens with zero attached hydrogens (tertiary/aromatic N) is 1. The molecule has 4 rings (SSSR count). The number of carbonyl (C=O) groups is 2. The zero-order chi connectivity index (χ0) is 19.0. The van der Waals surface area contributed by atoms with Crippen molar-refractivity contribution in [1.82, 2.24) is 9.97 Å². The Hall–Kier alpha value is -3.13. The van der Waals surface area contributed by atoms with Gasteiger partial charge in [-0.2, -0.15) is 0 Å². The number of amides is 1. The smallest absolute Gasteiger partial charge is 0.263 e. The van der Waals surface area contributed by atoms with Gasteiger partial charge in [-0.1, -0.05) is 0 Å². The number of anilines is 1. The van der Waals surface area contributed by atoms with E-state index in [4.69, 9.17) is 0 Å². The molecular weight excluding hydrogens is 369 g/mol. The summed E-state index contributed by atoms with van der Waals surface area (Å²) in [5.41, 5.74) is 1.63. The number of hydrogen-bond donors (Lipinski definition) is 2. The zero-order valence-corrected chi connectivity index (χ0v) is 14.9. The van der Waals surface area contributed by atoms with Crippen molar-refractivity contribution < 1.29 is 14.0 Å². The van der Waals surface area contributed by atoms with Gasteiger partial charge in [0.1, 0.15) is 11.4 Å². The van der Waals surface area contributed by atoms with Crippen LogP contribution in [0.3, 0.4) is 0 Å². The third-order valence-corrected chi connectivity index (χ3v) is 5.12. The molecule has 0 saturated heterocycles. The number of thiazole rings is 1. The van der Waals surface area contributed by atoms with Crippen LogP contribution in [0.25, 0.3) is 11.3 Å². The van der Waals surface area contributed by atoms with Crippen LogP contribution in [0.5, 0.6) is 0 Å². The second-order valence-electron chi connectivity index (χ2n) is 6.18. The number of aryl methyl sites for hydroxylation is 1. The van der Waals surface area contributed by atoms with Crippen LogP contribution in [0.1, 0.15) is 39.3 Å². The van der Waals surface area contributed by atoms with Gasteiger partial charge >= 0.3 is 0 Å². The molecule has 0 saturated carbocycles. The molecule has 0 fully saturated rings. The quantitative estimate of drug-likeness (QED) is 0.725. The number of ketones is 1. The van der Waals surface area contributed by atoms with Gasteiger partial charge in [-0.15, -0.1) is 11.3 Å². The molecule has 0 bridgehead atoms. The normalized spacial score (nSPS) is 13.3. The number of aromatic amines is 1. The molecule has 6 nitrogen and oxygen atoms in total. The first-order valence-electron chi connectivity index (χ1n) is 8.33.